The zero-order valence-corrected chi connectivity index (χ0v) is 16.1. The summed E-state index contributed by atoms with van der Waals surface area (Å²) in [6.45, 7) is 0. The van der Waals surface area contributed by atoms with Crippen LogP contribution in [0.4, 0.5) is 29.1 Å². The summed E-state index contributed by atoms with van der Waals surface area (Å²) in [6, 6.07) is 10.0. The van der Waals surface area contributed by atoms with E-state index < -0.39 is 46.4 Å². The predicted molar refractivity (Wildman–Crippen MR) is 109 cm³/mol. The molecule has 10 heteroatoms. The van der Waals surface area contributed by atoms with Crippen molar-refractivity contribution in [1.29, 1.82) is 10.7 Å². The fraction of sp³-hybridized carbons (Fsp3) is 0.0455. The Morgan fingerprint density at radius 3 is 2.44 bits per heavy atom. The van der Waals surface area contributed by atoms with Crippen molar-refractivity contribution < 1.29 is 22.4 Å². The molecule has 2 aromatic carbocycles. The molecule has 6 nitrogen and oxygen atoms in total. The Balaban J connectivity index is 1.83. The Kier molecular flexibility index (Phi) is 6.70. The first-order valence-electron chi connectivity index (χ1n) is 8.99. The van der Waals surface area contributed by atoms with E-state index in [1.54, 1.807) is 6.07 Å². The molecule has 0 spiro atoms. The fourth-order valence-corrected chi connectivity index (χ4v) is 2.69. The summed E-state index contributed by atoms with van der Waals surface area (Å²) in [5.74, 6) is -5.71. The van der Waals surface area contributed by atoms with Crippen LogP contribution in [-0.4, -0.2) is 22.8 Å². The first-order chi connectivity index (χ1) is 15.3. The van der Waals surface area contributed by atoms with Gasteiger partial charge in [-0.2, -0.15) is 5.26 Å². The van der Waals surface area contributed by atoms with Crippen molar-refractivity contribution in [3.05, 3.63) is 89.1 Å². The van der Waals surface area contributed by atoms with Crippen LogP contribution in [0.1, 0.15) is 21.8 Å². The molecule has 0 aliphatic rings. The molecular formula is C22H13F4N5O. The van der Waals surface area contributed by atoms with Crippen molar-refractivity contribution in [1.82, 2.24) is 4.98 Å². The van der Waals surface area contributed by atoms with Crippen LogP contribution in [0.3, 0.4) is 0 Å². The number of carbonyl (C=O) groups is 1. The third-order valence-corrected chi connectivity index (χ3v) is 4.28. The quantitative estimate of drug-likeness (QED) is 0.421. The second-order valence-corrected chi connectivity index (χ2v) is 6.40. The summed E-state index contributed by atoms with van der Waals surface area (Å²) in [5, 5.41) is 19.2. The number of halogens is 4. The Morgan fingerprint density at radius 2 is 1.81 bits per heavy atom. The molecule has 1 atom stereocenters. The standard InChI is InChI=1S/C22H13F4N5O/c23-13-5-6-15(24)19(8-13)29-11-14(18(28)9-27)12-4-7-20(30-10-12)31-22(32)21-16(25)2-1-3-17(21)26/h1-8,10-11,14,28H,(H,30,31,32). The summed E-state index contributed by atoms with van der Waals surface area (Å²) in [7, 11) is 0. The SMILES string of the molecule is N#CC(=N)C(C=Nc1cc(F)ccc1F)c1ccc(NC(=O)c2c(F)cccc2F)nc1. The van der Waals surface area contributed by atoms with Gasteiger partial charge in [0, 0.05) is 18.5 Å². The lowest BCUT2D eigenvalue weighted by Gasteiger charge is -2.11. The molecule has 0 saturated heterocycles. The van der Waals surface area contributed by atoms with Crippen molar-refractivity contribution in [3.8, 4) is 6.07 Å². The molecule has 2 N–H and O–H groups in total. The molecule has 0 fully saturated rings. The van der Waals surface area contributed by atoms with E-state index in [1.165, 1.54) is 18.3 Å². The van der Waals surface area contributed by atoms with Gasteiger partial charge in [0.05, 0.1) is 5.92 Å². The normalized spacial score (nSPS) is 11.7. The van der Waals surface area contributed by atoms with Crippen LogP contribution in [-0.2, 0) is 0 Å². The van der Waals surface area contributed by atoms with E-state index in [0.717, 1.165) is 42.6 Å². The van der Waals surface area contributed by atoms with Crippen molar-refractivity contribution >= 4 is 29.3 Å². The maximum absolute atomic E-state index is 13.8. The number of anilines is 1. The second-order valence-electron chi connectivity index (χ2n) is 6.40. The van der Waals surface area contributed by atoms with Gasteiger partial charge in [-0.3, -0.25) is 15.2 Å². The summed E-state index contributed by atoms with van der Waals surface area (Å²) < 4.78 is 54.6. The van der Waals surface area contributed by atoms with E-state index in [1.807, 2.05) is 0 Å². The molecule has 1 amide bonds. The number of nitrogens with one attached hydrogen (secondary N) is 2. The lowest BCUT2D eigenvalue weighted by Crippen LogP contribution is -2.17. The Labute approximate surface area is 179 Å². The van der Waals surface area contributed by atoms with Crippen LogP contribution in [0.15, 0.2) is 59.7 Å². The average Bonchev–Trinajstić information content (AvgIpc) is 2.76. The van der Waals surface area contributed by atoms with Gasteiger partial charge in [-0.15, -0.1) is 0 Å². The third kappa shape index (κ3) is 5.02. The van der Waals surface area contributed by atoms with E-state index in [-0.39, 0.29) is 17.1 Å². The number of carbonyl (C=O) groups excluding carboxylic acids is 1. The topological polar surface area (TPSA) is 102 Å². The first-order valence-corrected chi connectivity index (χ1v) is 8.99. The third-order valence-electron chi connectivity index (χ3n) is 4.28. The summed E-state index contributed by atoms with van der Waals surface area (Å²) in [4.78, 5) is 19.9. The molecule has 32 heavy (non-hydrogen) atoms. The molecule has 0 aliphatic carbocycles. The van der Waals surface area contributed by atoms with Crippen molar-refractivity contribution in [2.24, 2.45) is 4.99 Å². The number of pyridine rings is 1. The Bertz CT molecular complexity index is 1230. The van der Waals surface area contributed by atoms with Gasteiger partial charge in [-0.25, -0.2) is 22.5 Å². The molecule has 1 heterocycles. The first kappa shape index (κ1) is 22.3. The van der Waals surface area contributed by atoms with E-state index >= 15 is 0 Å². The predicted octanol–water partition coefficient (Wildman–Crippen LogP) is 4.92. The molecule has 3 rings (SSSR count). The lowest BCUT2D eigenvalue weighted by atomic mass is 9.97. The molecule has 0 saturated carbocycles. The molecular weight excluding hydrogens is 426 g/mol. The second kappa shape index (κ2) is 9.61. The number of nitriles is 1. The van der Waals surface area contributed by atoms with Crippen molar-refractivity contribution in [2.75, 3.05) is 5.32 Å². The fourth-order valence-electron chi connectivity index (χ4n) is 2.69. The van der Waals surface area contributed by atoms with E-state index in [0.29, 0.717) is 0 Å². The number of aromatic nitrogens is 1. The lowest BCUT2D eigenvalue weighted by molar-refractivity contribution is 0.101. The number of benzene rings is 2. The van der Waals surface area contributed by atoms with Gasteiger partial charge in [-0.1, -0.05) is 12.1 Å². The largest absolute Gasteiger partial charge is 0.306 e. The van der Waals surface area contributed by atoms with Gasteiger partial charge >= 0.3 is 0 Å². The van der Waals surface area contributed by atoms with Crippen LogP contribution in [0.2, 0.25) is 0 Å². The van der Waals surface area contributed by atoms with Gasteiger partial charge in [0.2, 0.25) is 0 Å². The maximum atomic E-state index is 13.8. The smallest absolute Gasteiger partial charge is 0.262 e. The molecule has 0 radical (unpaired) electrons. The highest BCUT2D eigenvalue weighted by Crippen LogP contribution is 2.22. The minimum atomic E-state index is -1.05. The molecule has 3 aromatic rings. The summed E-state index contributed by atoms with van der Waals surface area (Å²) in [5.41, 5.74) is -1.25. The van der Waals surface area contributed by atoms with Crippen LogP contribution in [0, 0.1) is 40.0 Å². The minimum absolute atomic E-state index is 0.0447. The summed E-state index contributed by atoms with van der Waals surface area (Å²) >= 11 is 0. The van der Waals surface area contributed by atoms with Crippen LogP contribution in [0.25, 0.3) is 0 Å². The number of aliphatic imine (C=N–C) groups is 1. The van der Waals surface area contributed by atoms with E-state index in [2.05, 4.69) is 15.3 Å². The number of nitrogens with zero attached hydrogens (tertiary/aromatic N) is 3. The highest BCUT2D eigenvalue weighted by atomic mass is 19.1. The zero-order valence-electron chi connectivity index (χ0n) is 16.1. The van der Waals surface area contributed by atoms with Crippen LogP contribution in [0.5, 0.6) is 0 Å². The maximum Gasteiger partial charge on any atom is 0.262 e. The van der Waals surface area contributed by atoms with Gasteiger partial charge in [0.1, 0.15) is 52.1 Å². The molecule has 0 bridgehead atoms. The van der Waals surface area contributed by atoms with Crippen molar-refractivity contribution in [2.45, 2.75) is 5.92 Å². The monoisotopic (exact) mass is 439 g/mol. The van der Waals surface area contributed by atoms with Gasteiger partial charge in [-0.05, 0) is 35.9 Å². The number of amides is 1. The number of rotatable bonds is 6. The highest BCUT2D eigenvalue weighted by Gasteiger charge is 2.19. The molecule has 0 aliphatic heterocycles. The Hall–Kier alpha value is -4.39. The van der Waals surface area contributed by atoms with Crippen molar-refractivity contribution in [3.63, 3.8) is 0 Å². The summed E-state index contributed by atoms with van der Waals surface area (Å²) in [6.07, 6.45) is 2.30. The highest BCUT2D eigenvalue weighted by molar-refractivity contribution is 6.11. The molecule has 1 unspecified atom stereocenters. The van der Waals surface area contributed by atoms with E-state index in [4.69, 9.17) is 10.7 Å². The van der Waals surface area contributed by atoms with Gasteiger partial charge < -0.3 is 5.32 Å². The van der Waals surface area contributed by atoms with E-state index in [9.17, 15) is 22.4 Å². The number of hydrogen-bond acceptors (Lipinski definition) is 5. The zero-order chi connectivity index (χ0) is 23.3. The van der Waals surface area contributed by atoms with Gasteiger partial charge in [0.15, 0.2) is 0 Å². The minimum Gasteiger partial charge on any atom is -0.306 e. The van der Waals surface area contributed by atoms with Crippen LogP contribution < -0.4 is 5.32 Å². The molecule has 1 aromatic heterocycles. The van der Waals surface area contributed by atoms with Crippen LogP contribution >= 0.6 is 0 Å². The average molecular weight is 439 g/mol. The molecule has 160 valence electrons. The Morgan fingerprint density at radius 1 is 1.09 bits per heavy atom. The van der Waals surface area contributed by atoms with Gasteiger partial charge in [0.25, 0.3) is 5.91 Å². The number of hydrogen-bond donors (Lipinski definition) is 2.